The van der Waals surface area contributed by atoms with Gasteiger partial charge in [0, 0.05) is 17.0 Å². The first-order valence-electron chi connectivity index (χ1n) is 8.54. The molecule has 136 valence electrons. The van der Waals surface area contributed by atoms with Gasteiger partial charge >= 0.3 is 0 Å². The van der Waals surface area contributed by atoms with Gasteiger partial charge in [-0.05, 0) is 49.3 Å². The number of aromatic nitrogens is 3. The molecule has 3 N–H and O–H groups in total. The maximum Gasteiger partial charge on any atom is 0.137 e. The number of hydrogen-bond acceptors (Lipinski definition) is 5. The van der Waals surface area contributed by atoms with Gasteiger partial charge in [0.05, 0.1) is 18.8 Å². The first-order chi connectivity index (χ1) is 12.0. The normalized spacial score (nSPS) is 29.2. The molecule has 0 bridgehead atoms. The zero-order valence-corrected chi connectivity index (χ0v) is 14.8. The van der Waals surface area contributed by atoms with Gasteiger partial charge < -0.3 is 15.3 Å². The Kier molecular flexibility index (Phi) is 5.43. The standard InChI is InChI=1S/C18H24ClN3O3/c19-16-3-1-14(2-4-16)9-15-5-6-17(11-24,7-8-23)18(15,25)10-22-13-20-12-21-22/h1-4,12-13,15,23-25H,5-11H2. The number of halogens is 1. The first-order valence-corrected chi connectivity index (χ1v) is 8.92. The fourth-order valence-electron chi connectivity index (χ4n) is 4.22. The molecule has 1 aromatic heterocycles. The summed E-state index contributed by atoms with van der Waals surface area (Å²) in [6.07, 6.45) is 5.46. The molecule has 1 heterocycles. The van der Waals surface area contributed by atoms with Gasteiger partial charge in [-0.25, -0.2) is 4.98 Å². The van der Waals surface area contributed by atoms with Crippen LogP contribution in [-0.4, -0.2) is 48.9 Å². The molecule has 1 fully saturated rings. The molecule has 0 saturated heterocycles. The van der Waals surface area contributed by atoms with E-state index in [1.807, 2.05) is 24.3 Å². The second kappa shape index (κ2) is 7.41. The Balaban J connectivity index is 1.91. The predicted molar refractivity (Wildman–Crippen MR) is 94.1 cm³/mol. The molecule has 3 rings (SSSR count). The molecule has 0 radical (unpaired) electrons. The van der Waals surface area contributed by atoms with E-state index in [0.717, 1.165) is 12.0 Å². The fourth-order valence-corrected chi connectivity index (χ4v) is 4.35. The smallest absolute Gasteiger partial charge is 0.137 e. The highest BCUT2D eigenvalue weighted by Gasteiger charge is 2.58. The van der Waals surface area contributed by atoms with Crippen LogP contribution in [0.2, 0.25) is 5.02 Å². The quantitative estimate of drug-likeness (QED) is 0.694. The van der Waals surface area contributed by atoms with E-state index >= 15 is 0 Å². The van der Waals surface area contributed by atoms with Crippen LogP contribution in [0.25, 0.3) is 0 Å². The van der Waals surface area contributed by atoms with Gasteiger partial charge in [-0.1, -0.05) is 23.7 Å². The first kappa shape index (κ1) is 18.3. The zero-order chi connectivity index (χ0) is 17.9. The minimum atomic E-state index is -1.18. The Morgan fingerprint density at radius 3 is 2.60 bits per heavy atom. The number of hydrogen-bond donors (Lipinski definition) is 3. The molecule has 7 heteroatoms. The molecule has 2 aromatic rings. The van der Waals surface area contributed by atoms with E-state index in [0.29, 0.717) is 24.3 Å². The van der Waals surface area contributed by atoms with Crippen LogP contribution in [-0.2, 0) is 13.0 Å². The Hall–Kier alpha value is -1.47. The molecular weight excluding hydrogens is 342 g/mol. The van der Waals surface area contributed by atoms with Crippen LogP contribution in [0.1, 0.15) is 24.8 Å². The third kappa shape index (κ3) is 3.44. The van der Waals surface area contributed by atoms with Gasteiger partial charge in [0.15, 0.2) is 0 Å². The molecule has 1 aliphatic carbocycles. The second-order valence-corrected chi connectivity index (χ2v) is 7.43. The predicted octanol–water partition coefficient (Wildman–Crippen LogP) is 1.68. The van der Waals surface area contributed by atoms with Crippen LogP contribution < -0.4 is 0 Å². The summed E-state index contributed by atoms with van der Waals surface area (Å²) in [6.45, 7) is -0.00438. The molecule has 1 saturated carbocycles. The van der Waals surface area contributed by atoms with E-state index in [1.54, 1.807) is 11.0 Å². The molecule has 3 atom stereocenters. The van der Waals surface area contributed by atoms with Crippen molar-refractivity contribution in [1.29, 1.82) is 0 Å². The minimum Gasteiger partial charge on any atom is -0.396 e. The fraction of sp³-hybridized carbons (Fsp3) is 0.556. The van der Waals surface area contributed by atoms with Crippen LogP contribution in [0.4, 0.5) is 0 Å². The van der Waals surface area contributed by atoms with Crippen molar-refractivity contribution < 1.29 is 15.3 Å². The van der Waals surface area contributed by atoms with E-state index in [2.05, 4.69) is 10.1 Å². The van der Waals surface area contributed by atoms with E-state index in [-0.39, 0.29) is 25.7 Å². The molecule has 3 unspecified atom stereocenters. The second-order valence-electron chi connectivity index (χ2n) is 7.00. The summed E-state index contributed by atoms with van der Waals surface area (Å²) >= 11 is 5.96. The highest BCUT2D eigenvalue weighted by Crippen LogP contribution is 2.53. The zero-order valence-electron chi connectivity index (χ0n) is 14.1. The summed E-state index contributed by atoms with van der Waals surface area (Å²) in [5, 5.41) is 36.1. The Morgan fingerprint density at radius 1 is 1.24 bits per heavy atom. The molecular formula is C18H24ClN3O3. The van der Waals surface area contributed by atoms with Gasteiger partial charge in [-0.15, -0.1) is 0 Å². The molecule has 0 spiro atoms. The Morgan fingerprint density at radius 2 is 2.00 bits per heavy atom. The number of aliphatic hydroxyl groups is 3. The van der Waals surface area contributed by atoms with Crippen LogP contribution in [0.15, 0.2) is 36.9 Å². The SMILES string of the molecule is OCCC1(CO)CCC(Cc2ccc(Cl)cc2)C1(O)Cn1cncn1. The maximum atomic E-state index is 11.7. The highest BCUT2D eigenvalue weighted by atomic mass is 35.5. The molecule has 0 amide bonds. The van der Waals surface area contributed by atoms with Crippen molar-refractivity contribution in [2.75, 3.05) is 13.2 Å². The van der Waals surface area contributed by atoms with Gasteiger partial charge in [-0.3, -0.25) is 4.68 Å². The van der Waals surface area contributed by atoms with Gasteiger partial charge in [0.2, 0.25) is 0 Å². The lowest BCUT2D eigenvalue weighted by Crippen LogP contribution is -2.54. The van der Waals surface area contributed by atoms with Gasteiger partial charge in [0.1, 0.15) is 12.7 Å². The lowest BCUT2D eigenvalue weighted by molar-refractivity contribution is -0.132. The summed E-state index contributed by atoms with van der Waals surface area (Å²) < 4.78 is 1.60. The van der Waals surface area contributed by atoms with Crippen LogP contribution >= 0.6 is 11.6 Å². The third-order valence-electron chi connectivity index (χ3n) is 5.72. The average molecular weight is 366 g/mol. The van der Waals surface area contributed by atoms with E-state index in [1.165, 1.54) is 6.33 Å². The van der Waals surface area contributed by atoms with Crippen molar-refractivity contribution in [1.82, 2.24) is 14.8 Å². The molecule has 6 nitrogen and oxygen atoms in total. The monoisotopic (exact) mass is 365 g/mol. The molecule has 1 aromatic carbocycles. The number of benzene rings is 1. The van der Waals surface area contributed by atoms with Gasteiger partial charge in [-0.2, -0.15) is 5.10 Å². The van der Waals surface area contributed by atoms with Crippen molar-refractivity contribution in [2.24, 2.45) is 11.3 Å². The Bertz CT molecular complexity index is 679. The summed E-state index contributed by atoms with van der Waals surface area (Å²) in [4.78, 5) is 3.95. The largest absolute Gasteiger partial charge is 0.396 e. The van der Waals surface area contributed by atoms with Crippen molar-refractivity contribution in [3.05, 3.63) is 47.5 Å². The highest BCUT2D eigenvalue weighted by molar-refractivity contribution is 6.30. The summed E-state index contributed by atoms with van der Waals surface area (Å²) in [5.41, 5.74) is -0.841. The van der Waals surface area contributed by atoms with Crippen molar-refractivity contribution >= 4 is 11.6 Å². The lowest BCUT2D eigenvalue weighted by atomic mass is 9.68. The van der Waals surface area contributed by atoms with Crippen molar-refractivity contribution in [2.45, 2.75) is 37.8 Å². The van der Waals surface area contributed by atoms with E-state index in [9.17, 15) is 15.3 Å². The van der Waals surface area contributed by atoms with Crippen molar-refractivity contribution in [3.8, 4) is 0 Å². The minimum absolute atomic E-state index is 0.0587. The third-order valence-corrected chi connectivity index (χ3v) is 5.98. The molecule has 25 heavy (non-hydrogen) atoms. The van der Waals surface area contributed by atoms with Crippen LogP contribution in [0.5, 0.6) is 0 Å². The van der Waals surface area contributed by atoms with E-state index < -0.39 is 11.0 Å². The average Bonchev–Trinajstić information content (AvgIpc) is 3.19. The summed E-state index contributed by atoms with van der Waals surface area (Å²) in [5.74, 6) is -0.0587. The van der Waals surface area contributed by atoms with Crippen LogP contribution in [0, 0.1) is 11.3 Å². The van der Waals surface area contributed by atoms with Crippen molar-refractivity contribution in [3.63, 3.8) is 0 Å². The lowest BCUT2D eigenvalue weighted by Gasteiger charge is -2.44. The summed E-state index contributed by atoms with van der Waals surface area (Å²) in [6, 6.07) is 7.61. The summed E-state index contributed by atoms with van der Waals surface area (Å²) in [7, 11) is 0. The van der Waals surface area contributed by atoms with Crippen LogP contribution in [0.3, 0.4) is 0 Å². The number of aliphatic hydroxyl groups excluding tert-OH is 2. The maximum absolute atomic E-state index is 11.7. The topological polar surface area (TPSA) is 91.4 Å². The molecule has 0 aliphatic heterocycles. The van der Waals surface area contributed by atoms with E-state index in [4.69, 9.17) is 11.6 Å². The number of nitrogens with zero attached hydrogens (tertiary/aromatic N) is 3. The Labute approximate surface area is 152 Å². The number of rotatable bonds is 7. The molecule has 1 aliphatic rings. The van der Waals surface area contributed by atoms with Gasteiger partial charge in [0.25, 0.3) is 0 Å².